The molecular weight excluding hydrogens is 524 g/mol. The summed E-state index contributed by atoms with van der Waals surface area (Å²) in [6.45, 7) is 8.79. The lowest BCUT2D eigenvalue weighted by Gasteiger charge is -2.26. The number of para-hydroxylation sites is 1. The van der Waals surface area contributed by atoms with E-state index in [1.807, 2.05) is 45.9 Å². The molecule has 0 saturated carbocycles. The van der Waals surface area contributed by atoms with Gasteiger partial charge in [-0.05, 0) is 56.4 Å². The zero-order valence-corrected chi connectivity index (χ0v) is 24.6. The fourth-order valence-electron chi connectivity index (χ4n) is 4.61. The molecule has 41 heavy (non-hydrogen) atoms. The topological polar surface area (TPSA) is 126 Å². The molecule has 0 aromatic heterocycles. The number of hydrogen-bond acceptors (Lipinski definition) is 6. The molecule has 1 aliphatic heterocycles. The number of benzene rings is 2. The van der Waals surface area contributed by atoms with Crippen molar-refractivity contribution in [2.24, 2.45) is 5.92 Å². The van der Waals surface area contributed by atoms with Gasteiger partial charge in [0.25, 0.3) is 5.91 Å². The average molecular weight is 567 g/mol. The van der Waals surface area contributed by atoms with Crippen molar-refractivity contribution >= 4 is 23.6 Å². The molecule has 2 aromatic rings. The minimum absolute atomic E-state index is 0.0444. The summed E-state index contributed by atoms with van der Waals surface area (Å²) < 4.78 is 11.7. The normalized spacial score (nSPS) is 18.8. The number of likely N-dealkylation sites (N-methyl/N-ethyl adjacent to an activating group) is 1. The summed E-state index contributed by atoms with van der Waals surface area (Å²) in [5.74, 6) is -0.268. The highest BCUT2D eigenvalue weighted by molar-refractivity contribution is 5.99. The predicted octanol–water partition coefficient (Wildman–Crippen LogP) is 2.76. The van der Waals surface area contributed by atoms with Crippen LogP contribution in [0.1, 0.15) is 54.6 Å². The van der Waals surface area contributed by atoms with Gasteiger partial charge < -0.3 is 30.3 Å². The number of hydrogen-bond donors (Lipinski definition) is 3. The number of nitrogens with one attached hydrogen (secondary N) is 3. The van der Waals surface area contributed by atoms with Gasteiger partial charge in [0.05, 0.1) is 18.7 Å². The zero-order chi connectivity index (χ0) is 29.9. The second kappa shape index (κ2) is 15.1. The fourth-order valence-corrected chi connectivity index (χ4v) is 4.61. The smallest absolute Gasteiger partial charge is 0.255 e. The first kappa shape index (κ1) is 31.4. The average Bonchev–Trinajstić information content (AvgIpc) is 2.92. The lowest BCUT2D eigenvalue weighted by Crippen LogP contribution is -2.50. The Balaban J connectivity index is 1.74. The van der Waals surface area contributed by atoms with E-state index in [1.54, 1.807) is 31.3 Å². The van der Waals surface area contributed by atoms with E-state index in [2.05, 4.69) is 16.0 Å². The fraction of sp³-hybridized carbons (Fsp3) is 0.484. The Kier molecular flexibility index (Phi) is 11.6. The largest absolute Gasteiger partial charge is 0.491 e. The first-order valence-electron chi connectivity index (χ1n) is 14.1. The molecule has 10 nitrogen and oxygen atoms in total. The number of carbonyl (C=O) groups excluding carboxylic acids is 4. The van der Waals surface area contributed by atoms with Crippen LogP contribution in [-0.2, 0) is 14.4 Å². The van der Waals surface area contributed by atoms with Crippen molar-refractivity contribution in [2.75, 3.05) is 33.4 Å². The summed E-state index contributed by atoms with van der Waals surface area (Å²) in [5.41, 5.74) is 2.39. The Morgan fingerprint density at radius 2 is 1.88 bits per heavy atom. The number of ether oxygens (including phenoxy) is 2. The van der Waals surface area contributed by atoms with E-state index in [1.165, 1.54) is 4.90 Å². The van der Waals surface area contributed by atoms with Gasteiger partial charge in [-0.15, -0.1) is 0 Å². The highest BCUT2D eigenvalue weighted by atomic mass is 16.5. The lowest BCUT2D eigenvalue weighted by atomic mass is 10.0. The third-order valence-corrected chi connectivity index (χ3v) is 6.80. The van der Waals surface area contributed by atoms with Crippen molar-refractivity contribution in [2.45, 2.75) is 59.0 Å². The summed E-state index contributed by atoms with van der Waals surface area (Å²) in [6.07, 6.45) is 0.462. The lowest BCUT2D eigenvalue weighted by molar-refractivity contribution is -0.136. The summed E-state index contributed by atoms with van der Waals surface area (Å²) in [4.78, 5) is 54.0. The molecule has 1 aliphatic rings. The molecule has 1 heterocycles. The van der Waals surface area contributed by atoms with E-state index in [-0.39, 0.29) is 62.4 Å². The summed E-state index contributed by atoms with van der Waals surface area (Å²) in [7, 11) is 1.66. The highest BCUT2D eigenvalue weighted by Crippen LogP contribution is 2.20. The summed E-state index contributed by atoms with van der Waals surface area (Å²) in [5, 5.41) is 8.40. The Bertz CT molecular complexity index is 1230. The predicted molar refractivity (Wildman–Crippen MR) is 156 cm³/mol. The van der Waals surface area contributed by atoms with E-state index in [0.29, 0.717) is 12.2 Å². The van der Waals surface area contributed by atoms with Gasteiger partial charge >= 0.3 is 0 Å². The second-order valence-corrected chi connectivity index (χ2v) is 10.8. The van der Waals surface area contributed by atoms with Crippen molar-refractivity contribution < 1.29 is 28.7 Å². The molecule has 3 rings (SSSR count). The summed E-state index contributed by atoms with van der Waals surface area (Å²) >= 11 is 0. The van der Waals surface area contributed by atoms with E-state index in [0.717, 1.165) is 16.9 Å². The maximum atomic E-state index is 13.2. The Morgan fingerprint density at radius 1 is 1.12 bits per heavy atom. The quantitative estimate of drug-likeness (QED) is 0.443. The molecule has 0 spiro atoms. The molecule has 2 atom stereocenters. The van der Waals surface area contributed by atoms with Crippen molar-refractivity contribution in [1.29, 1.82) is 0 Å². The van der Waals surface area contributed by atoms with Crippen LogP contribution < -0.4 is 25.4 Å². The van der Waals surface area contributed by atoms with Gasteiger partial charge in [-0.3, -0.25) is 19.2 Å². The zero-order valence-electron chi connectivity index (χ0n) is 24.6. The maximum Gasteiger partial charge on any atom is 0.255 e. The molecule has 0 saturated heterocycles. The first-order valence-corrected chi connectivity index (χ1v) is 14.1. The van der Waals surface area contributed by atoms with Crippen LogP contribution in [0.3, 0.4) is 0 Å². The molecule has 2 aromatic carbocycles. The van der Waals surface area contributed by atoms with Crippen LogP contribution in [0.4, 0.5) is 0 Å². The van der Waals surface area contributed by atoms with Crippen LogP contribution in [0.25, 0.3) is 0 Å². The molecule has 10 heteroatoms. The van der Waals surface area contributed by atoms with Crippen molar-refractivity contribution in [3.05, 3.63) is 59.2 Å². The van der Waals surface area contributed by atoms with Gasteiger partial charge in [0, 0.05) is 13.5 Å². The van der Waals surface area contributed by atoms with Crippen molar-refractivity contribution in [3.8, 4) is 11.5 Å². The number of aryl methyl sites for hydroxylation is 2. The van der Waals surface area contributed by atoms with Gasteiger partial charge in [0.15, 0.2) is 0 Å². The number of nitrogens with zero attached hydrogens (tertiary/aromatic N) is 1. The molecule has 0 fully saturated rings. The third kappa shape index (κ3) is 9.51. The van der Waals surface area contributed by atoms with Crippen molar-refractivity contribution in [3.63, 3.8) is 0 Å². The number of amides is 4. The van der Waals surface area contributed by atoms with Gasteiger partial charge in [0.2, 0.25) is 17.7 Å². The molecule has 4 amide bonds. The minimum atomic E-state index is -0.991. The van der Waals surface area contributed by atoms with Gasteiger partial charge in [0.1, 0.15) is 36.8 Å². The van der Waals surface area contributed by atoms with Crippen LogP contribution in [0, 0.1) is 19.8 Å². The Morgan fingerprint density at radius 3 is 2.61 bits per heavy atom. The van der Waals surface area contributed by atoms with Crippen LogP contribution in [-0.4, -0.2) is 74.0 Å². The SMILES string of the molecule is Cc1ccc(OCCNC(=O)[C@@H]2CCC(=O)N[C@@H](CC(C)C)C(=O)N(C)CCOc3ccccc3C(=O)N2)c(C)c1. The van der Waals surface area contributed by atoms with Gasteiger partial charge in [-0.25, -0.2) is 0 Å². The number of carbonyl (C=O) groups is 4. The van der Waals surface area contributed by atoms with E-state index in [4.69, 9.17) is 9.47 Å². The molecule has 222 valence electrons. The van der Waals surface area contributed by atoms with Crippen LogP contribution >= 0.6 is 0 Å². The van der Waals surface area contributed by atoms with E-state index < -0.39 is 23.9 Å². The van der Waals surface area contributed by atoms with E-state index in [9.17, 15) is 19.2 Å². The Labute approximate surface area is 242 Å². The molecule has 0 radical (unpaired) electrons. The molecule has 0 aliphatic carbocycles. The minimum Gasteiger partial charge on any atom is -0.491 e. The number of rotatable bonds is 7. The first-order chi connectivity index (χ1) is 19.5. The van der Waals surface area contributed by atoms with Gasteiger partial charge in [-0.2, -0.15) is 0 Å². The van der Waals surface area contributed by atoms with Gasteiger partial charge in [-0.1, -0.05) is 43.7 Å². The molecule has 3 N–H and O–H groups in total. The third-order valence-electron chi connectivity index (χ3n) is 6.80. The van der Waals surface area contributed by atoms with Crippen LogP contribution in [0.5, 0.6) is 11.5 Å². The van der Waals surface area contributed by atoms with Crippen LogP contribution in [0.2, 0.25) is 0 Å². The molecule has 0 bridgehead atoms. The van der Waals surface area contributed by atoms with Crippen LogP contribution in [0.15, 0.2) is 42.5 Å². The van der Waals surface area contributed by atoms with Crippen molar-refractivity contribution in [1.82, 2.24) is 20.9 Å². The second-order valence-electron chi connectivity index (χ2n) is 10.8. The molecule has 0 unspecified atom stereocenters. The maximum absolute atomic E-state index is 13.2. The standard InChI is InChI=1S/C31H42N4O6/c1-20(2)18-25-31(39)35(5)15-17-41-27-9-7-6-8-23(27)29(37)34-24(11-13-28(36)33-25)30(38)32-14-16-40-26-12-10-21(3)19-22(26)4/h6-10,12,19-20,24-25H,11,13-18H2,1-5H3,(H,32,38)(H,33,36)(H,34,37)/t24-,25-/m0/s1. The van der Waals surface area contributed by atoms with E-state index >= 15 is 0 Å². The molecular formula is C31H42N4O6. The Hall–Kier alpha value is -4.08. The monoisotopic (exact) mass is 566 g/mol. The highest BCUT2D eigenvalue weighted by Gasteiger charge is 2.28. The summed E-state index contributed by atoms with van der Waals surface area (Å²) in [6, 6.07) is 10.9. The number of fused-ring (bicyclic) bond motifs is 1.